The number of hydrogen-bond acceptors (Lipinski definition) is 5. The van der Waals surface area contributed by atoms with Crippen LogP contribution in [-0.4, -0.2) is 34.7 Å². The van der Waals surface area contributed by atoms with Gasteiger partial charge >= 0.3 is 0 Å². The van der Waals surface area contributed by atoms with Crippen molar-refractivity contribution in [1.82, 2.24) is 14.9 Å². The van der Waals surface area contributed by atoms with Crippen molar-refractivity contribution in [1.29, 1.82) is 0 Å². The fourth-order valence-electron chi connectivity index (χ4n) is 2.56. The SMILES string of the molecule is CC(C)OCCCNC(=O)Cn1cnc2c(oc3ccccc32)c1=O. The van der Waals surface area contributed by atoms with Crippen LogP contribution in [-0.2, 0) is 16.1 Å². The van der Waals surface area contributed by atoms with Crippen LogP contribution in [0.25, 0.3) is 22.1 Å². The minimum atomic E-state index is -0.362. The number of carbonyl (C=O) groups is 1. The summed E-state index contributed by atoms with van der Waals surface area (Å²) in [6.45, 7) is 4.92. The second-order valence-electron chi connectivity index (χ2n) is 6.08. The Hall–Kier alpha value is -2.67. The minimum Gasteiger partial charge on any atom is -0.448 e. The Morgan fingerprint density at radius 1 is 1.36 bits per heavy atom. The number of rotatable bonds is 7. The number of nitrogens with zero attached hydrogens (tertiary/aromatic N) is 2. The van der Waals surface area contributed by atoms with Gasteiger partial charge in [-0.25, -0.2) is 4.98 Å². The minimum absolute atomic E-state index is 0.0934. The lowest BCUT2D eigenvalue weighted by Gasteiger charge is -2.09. The first-order valence-electron chi connectivity index (χ1n) is 8.31. The molecule has 7 heteroatoms. The van der Waals surface area contributed by atoms with E-state index in [0.29, 0.717) is 24.3 Å². The predicted molar refractivity (Wildman–Crippen MR) is 94.5 cm³/mol. The van der Waals surface area contributed by atoms with Gasteiger partial charge in [-0.2, -0.15) is 0 Å². The number of carbonyl (C=O) groups excluding carboxylic acids is 1. The second-order valence-corrected chi connectivity index (χ2v) is 6.08. The Bertz CT molecular complexity index is 942. The highest BCUT2D eigenvalue weighted by Gasteiger charge is 2.14. The molecule has 3 rings (SSSR count). The van der Waals surface area contributed by atoms with Gasteiger partial charge < -0.3 is 14.5 Å². The molecule has 2 heterocycles. The number of aromatic nitrogens is 2. The number of nitrogens with one attached hydrogen (secondary N) is 1. The van der Waals surface area contributed by atoms with Crippen LogP contribution in [0.2, 0.25) is 0 Å². The largest absolute Gasteiger partial charge is 0.448 e. The van der Waals surface area contributed by atoms with Crippen LogP contribution >= 0.6 is 0 Å². The fraction of sp³-hybridized carbons (Fsp3) is 0.389. The maximum Gasteiger partial charge on any atom is 0.297 e. The number of ether oxygens (including phenoxy) is 1. The molecule has 0 spiro atoms. The Morgan fingerprint density at radius 2 is 2.16 bits per heavy atom. The van der Waals surface area contributed by atoms with Crippen LogP contribution in [0.1, 0.15) is 20.3 Å². The standard InChI is InChI=1S/C18H21N3O4/c1-12(2)24-9-5-8-19-15(22)10-21-11-20-16-13-6-3-4-7-14(13)25-17(16)18(21)23/h3-4,6-7,11-12H,5,8-10H2,1-2H3,(H,19,22). The molecule has 0 atom stereocenters. The number of benzene rings is 1. The summed E-state index contributed by atoms with van der Waals surface area (Å²) in [6.07, 6.45) is 2.28. The molecule has 7 nitrogen and oxygen atoms in total. The third-order valence-electron chi connectivity index (χ3n) is 3.76. The van der Waals surface area contributed by atoms with E-state index in [1.165, 1.54) is 10.9 Å². The molecule has 25 heavy (non-hydrogen) atoms. The lowest BCUT2D eigenvalue weighted by Crippen LogP contribution is -2.33. The van der Waals surface area contributed by atoms with Crippen molar-refractivity contribution in [3.05, 3.63) is 40.9 Å². The topological polar surface area (TPSA) is 86.4 Å². The molecule has 132 valence electrons. The van der Waals surface area contributed by atoms with E-state index < -0.39 is 0 Å². The zero-order chi connectivity index (χ0) is 17.8. The highest BCUT2D eigenvalue weighted by molar-refractivity contribution is 6.01. The van der Waals surface area contributed by atoms with Gasteiger partial charge in [0.2, 0.25) is 11.5 Å². The summed E-state index contributed by atoms with van der Waals surface area (Å²) >= 11 is 0. The number of amides is 1. The summed E-state index contributed by atoms with van der Waals surface area (Å²) in [5.74, 6) is -0.246. The van der Waals surface area contributed by atoms with E-state index in [2.05, 4.69) is 10.3 Å². The van der Waals surface area contributed by atoms with Crippen molar-refractivity contribution in [3.8, 4) is 0 Å². The molecule has 0 unspecified atom stereocenters. The third kappa shape index (κ3) is 3.88. The summed E-state index contributed by atoms with van der Waals surface area (Å²) in [6, 6.07) is 7.33. The first-order chi connectivity index (χ1) is 12.1. The molecule has 0 saturated carbocycles. The Labute approximate surface area is 144 Å². The molecule has 0 bridgehead atoms. The molecule has 2 aromatic heterocycles. The van der Waals surface area contributed by atoms with Crippen molar-refractivity contribution in [2.75, 3.05) is 13.2 Å². The summed E-state index contributed by atoms with van der Waals surface area (Å²) in [5, 5.41) is 3.56. The molecule has 3 aromatic rings. The first kappa shape index (κ1) is 17.2. The molecule has 1 amide bonds. The van der Waals surface area contributed by atoms with Gasteiger partial charge in [0.15, 0.2) is 0 Å². The van der Waals surface area contributed by atoms with E-state index in [-0.39, 0.29) is 29.7 Å². The monoisotopic (exact) mass is 343 g/mol. The van der Waals surface area contributed by atoms with Gasteiger partial charge in [-0.05, 0) is 32.4 Å². The molecule has 1 aromatic carbocycles. The average Bonchev–Trinajstić information content (AvgIpc) is 2.96. The molecule has 0 fully saturated rings. The zero-order valence-corrected chi connectivity index (χ0v) is 14.3. The van der Waals surface area contributed by atoms with Crippen molar-refractivity contribution in [2.24, 2.45) is 0 Å². The summed E-state index contributed by atoms with van der Waals surface area (Å²) < 4.78 is 12.3. The Morgan fingerprint density at radius 3 is 2.96 bits per heavy atom. The van der Waals surface area contributed by atoms with Gasteiger partial charge in [-0.15, -0.1) is 0 Å². The van der Waals surface area contributed by atoms with Crippen LogP contribution in [0, 0.1) is 0 Å². The summed E-state index contributed by atoms with van der Waals surface area (Å²) in [4.78, 5) is 28.8. The highest BCUT2D eigenvalue weighted by atomic mass is 16.5. The normalized spacial score (nSPS) is 11.5. The fourth-order valence-corrected chi connectivity index (χ4v) is 2.56. The van der Waals surface area contributed by atoms with E-state index in [4.69, 9.17) is 9.15 Å². The molecular weight excluding hydrogens is 322 g/mol. The van der Waals surface area contributed by atoms with Gasteiger partial charge in [0.05, 0.1) is 12.4 Å². The maximum absolute atomic E-state index is 12.5. The van der Waals surface area contributed by atoms with E-state index in [1.54, 1.807) is 6.07 Å². The third-order valence-corrected chi connectivity index (χ3v) is 3.76. The van der Waals surface area contributed by atoms with E-state index in [0.717, 1.165) is 11.8 Å². The molecule has 1 N–H and O–H groups in total. The van der Waals surface area contributed by atoms with Crippen LogP contribution < -0.4 is 10.9 Å². The molecule has 0 radical (unpaired) electrons. The molecule has 0 aliphatic heterocycles. The van der Waals surface area contributed by atoms with Crippen molar-refractivity contribution in [2.45, 2.75) is 32.9 Å². The number of fused-ring (bicyclic) bond motifs is 3. The number of furan rings is 1. The lowest BCUT2D eigenvalue weighted by molar-refractivity contribution is -0.121. The van der Waals surface area contributed by atoms with Crippen LogP contribution in [0.3, 0.4) is 0 Å². The zero-order valence-electron chi connectivity index (χ0n) is 14.3. The quantitative estimate of drug-likeness (QED) is 0.664. The smallest absolute Gasteiger partial charge is 0.297 e. The van der Waals surface area contributed by atoms with Crippen molar-refractivity contribution >= 4 is 28.0 Å². The van der Waals surface area contributed by atoms with Gasteiger partial charge in [0.25, 0.3) is 5.56 Å². The first-order valence-corrected chi connectivity index (χ1v) is 8.31. The number of hydrogen-bond donors (Lipinski definition) is 1. The molecular formula is C18H21N3O4. The van der Waals surface area contributed by atoms with Gasteiger partial charge in [-0.1, -0.05) is 12.1 Å². The van der Waals surface area contributed by atoms with E-state index in [1.807, 2.05) is 32.0 Å². The van der Waals surface area contributed by atoms with Crippen molar-refractivity contribution < 1.29 is 13.9 Å². The maximum atomic E-state index is 12.5. The summed E-state index contributed by atoms with van der Waals surface area (Å²) in [7, 11) is 0. The summed E-state index contributed by atoms with van der Waals surface area (Å²) in [5.41, 5.74) is 0.930. The van der Waals surface area contributed by atoms with Crippen molar-refractivity contribution in [3.63, 3.8) is 0 Å². The highest BCUT2D eigenvalue weighted by Crippen LogP contribution is 2.23. The predicted octanol–water partition coefficient (Wildman–Crippen LogP) is 2.07. The molecule has 0 aliphatic rings. The van der Waals surface area contributed by atoms with Crippen LogP contribution in [0.15, 0.2) is 39.8 Å². The van der Waals surface area contributed by atoms with Gasteiger partial charge in [-0.3, -0.25) is 14.2 Å². The Kier molecular flexibility index (Phi) is 5.14. The van der Waals surface area contributed by atoms with E-state index >= 15 is 0 Å². The molecule has 0 saturated heterocycles. The van der Waals surface area contributed by atoms with Gasteiger partial charge in [0, 0.05) is 18.5 Å². The number of para-hydroxylation sites is 1. The second kappa shape index (κ2) is 7.48. The van der Waals surface area contributed by atoms with E-state index in [9.17, 15) is 9.59 Å². The lowest BCUT2D eigenvalue weighted by atomic mass is 10.2. The van der Waals surface area contributed by atoms with Crippen LogP contribution in [0.4, 0.5) is 0 Å². The average molecular weight is 343 g/mol. The van der Waals surface area contributed by atoms with Gasteiger partial charge in [0.1, 0.15) is 17.6 Å². The molecule has 0 aliphatic carbocycles. The Balaban J connectivity index is 1.67. The van der Waals surface area contributed by atoms with Crippen LogP contribution in [0.5, 0.6) is 0 Å².